The standard InChI is InChI=1S/C24H30O2/c1-3-4-5-6-7-8-13-18-26-24-21-16-11-9-14-19(21)23(25-2)20-15-10-12-17-22(20)24/h9-12,14-17H,3-8,13,18H2,1-2H3. The van der Waals surface area contributed by atoms with E-state index in [-0.39, 0.29) is 0 Å². The lowest BCUT2D eigenvalue weighted by Crippen LogP contribution is -2.00. The second-order valence-electron chi connectivity index (χ2n) is 6.92. The summed E-state index contributed by atoms with van der Waals surface area (Å²) in [7, 11) is 1.74. The van der Waals surface area contributed by atoms with Gasteiger partial charge in [0, 0.05) is 21.5 Å². The predicted molar refractivity (Wildman–Crippen MR) is 111 cm³/mol. The minimum atomic E-state index is 0.772. The van der Waals surface area contributed by atoms with E-state index in [0.29, 0.717) is 0 Å². The van der Waals surface area contributed by atoms with Crippen LogP contribution in [0.2, 0.25) is 0 Å². The molecule has 3 aromatic carbocycles. The normalized spacial score (nSPS) is 11.2. The fraction of sp³-hybridized carbons (Fsp3) is 0.417. The van der Waals surface area contributed by atoms with Gasteiger partial charge in [-0.2, -0.15) is 0 Å². The number of methoxy groups -OCH3 is 1. The lowest BCUT2D eigenvalue weighted by atomic mass is 10.0. The first kappa shape index (κ1) is 18.6. The fourth-order valence-corrected chi connectivity index (χ4v) is 3.66. The summed E-state index contributed by atoms with van der Waals surface area (Å²) >= 11 is 0. The van der Waals surface area contributed by atoms with Crippen molar-refractivity contribution < 1.29 is 9.47 Å². The molecule has 0 radical (unpaired) electrons. The molecule has 3 rings (SSSR count). The maximum absolute atomic E-state index is 6.30. The van der Waals surface area contributed by atoms with Gasteiger partial charge in [0.2, 0.25) is 0 Å². The monoisotopic (exact) mass is 350 g/mol. The van der Waals surface area contributed by atoms with Crippen LogP contribution in [0.5, 0.6) is 11.5 Å². The Bertz CT molecular complexity index is 781. The summed E-state index contributed by atoms with van der Waals surface area (Å²) in [4.78, 5) is 0. The molecule has 0 aliphatic heterocycles. The SMILES string of the molecule is CCCCCCCCCOc1c2ccccc2c(OC)c2ccccc12. The molecule has 0 aliphatic rings. The summed E-state index contributed by atoms with van der Waals surface area (Å²) in [6.45, 7) is 3.03. The minimum Gasteiger partial charge on any atom is -0.495 e. The van der Waals surface area contributed by atoms with Gasteiger partial charge in [0.1, 0.15) is 11.5 Å². The Morgan fingerprint density at radius 2 is 1.08 bits per heavy atom. The largest absolute Gasteiger partial charge is 0.495 e. The zero-order valence-electron chi connectivity index (χ0n) is 16.1. The second kappa shape index (κ2) is 9.47. The molecule has 2 heteroatoms. The third-order valence-corrected chi connectivity index (χ3v) is 5.03. The van der Waals surface area contributed by atoms with Crippen molar-refractivity contribution in [2.45, 2.75) is 51.9 Å². The van der Waals surface area contributed by atoms with Crippen LogP contribution in [0.4, 0.5) is 0 Å². The van der Waals surface area contributed by atoms with E-state index in [9.17, 15) is 0 Å². The highest BCUT2D eigenvalue weighted by atomic mass is 16.5. The van der Waals surface area contributed by atoms with Crippen LogP contribution >= 0.6 is 0 Å². The summed E-state index contributed by atoms with van der Waals surface area (Å²) in [5, 5.41) is 4.49. The Kier molecular flexibility index (Phi) is 6.76. The van der Waals surface area contributed by atoms with Crippen molar-refractivity contribution in [2.75, 3.05) is 13.7 Å². The first-order chi connectivity index (χ1) is 12.9. The van der Waals surface area contributed by atoms with Crippen molar-refractivity contribution in [3.63, 3.8) is 0 Å². The van der Waals surface area contributed by atoms with Crippen LogP contribution in [-0.2, 0) is 0 Å². The van der Waals surface area contributed by atoms with Gasteiger partial charge >= 0.3 is 0 Å². The lowest BCUT2D eigenvalue weighted by molar-refractivity contribution is 0.311. The summed E-state index contributed by atoms with van der Waals surface area (Å²) in [6.07, 6.45) is 9.05. The Morgan fingerprint density at radius 1 is 0.615 bits per heavy atom. The van der Waals surface area contributed by atoms with E-state index in [1.807, 2.05) is 0 Å². The third-order valence-electron chi connectivity index (χ3n) is 5.03. The van der Waals surface area contributed by atoms with Crippen molar-refractivity contribution in [2.24, 2.45) is 0 Å². The van der Waals surface area contributed by atoms with Gasteiger partial charge in [-0.15, -0.1) is 0 Å². The Morgan fingerprint density at radius 3 is 1.58 bits per heavy atom. The van der Waals surface area contributed by atoms with E-state index in [4.69, 9.17) is 9.47 Å². The zero-order chi connectivity index (χ0) is 18.2. The number of rotatable bonds is 10. The Labute approximate surface area is 157 Å². The van der Waals surface area contributed by atoms with Crippen LogP contribution in [-0.4, -0.2) is 13.7 Å². The molecule has 0 saturated heterocycles. The van der Waals surface area contributed by atoms with Gasteiger partial charge < -0.3 is 9.47 Å². The van der Waals surface area contributed by atoms with Crippen LogP contribution < -0.4 is 9.47 Å². The molecule has 0 saturated carbocycles. The second-order valence-corrected chi connectivity index (χ2v) is 6.92. The van der Waals surface area contributed by atoms with Gasteiger partial charge in [-0.3, -0.25) is 0 Å². The van der Waals surface area contributed by atoms with Gasteiger partial charge in [-0.1, -0.05) is 94.0 Å². The van der Waals surface area contributed by atoms with Crippen molar-refractivity contribution in [1.82, 2.24) is 0 Å². The van der Waals surface area contributed by atoms with E-state index in [2.05, 4.69) is 55.5 Å². The van der Waals surface area contributed by atoms with E-state index in [1.54, 1.807) is 7.11 Å². The van der Waals surface area contributed by atoms with Crippen LogP contribution in [0.1, 0.15) is 51.9 Å². The molecule has 0 aromatic heterocycles. The van der Waals surface area contributed by atoms with Crippen molar-refractivity contribution in [3.8, 4) is 11.5 Å². The smallest absolute Gasteiger partial charge is 0.135 e. The maximum Gasteiger partial charge on any atom is 0.135 e. The third kappa shape index (κ3) is 4.12. The molecule has 0 aliphatic carbocycles. The van der Waals surface area contributed by atoms with E-state index in [1.165, 1.54) is 38.5 Å². The molecule has 0 unspecified atom stereocenters. The highest BCUT2D eigenvalue weighted by Crippen LogP contribution is 2.42. The van der Waals surface area contributed by atoms with Gasteiger partial charge in [0.05, 0.1) is 13.7 Å². The molecule has 0 spiro atoms. The first-order valence-corrected chi connectivity index (χ1v) is 9.97. The molecule has 26 heavy (non-hydrogen) atoms. The average Bonchev–Trinajstić information content (AvgIpc) is 2.69. The van der Waals surface area contributed by atoms with Gasteiger partial charge in [0.25, 0.3) is 0 Å². The van der Waals surface area contributed by atoms with Gasteiger partial charge in [-0.05, 0) is 6.42 Å². The van der Waals surface area contributed by atoms with Crippen molar-refractivity contribution >= 4 is 21.5 Å². The van der Waals surface area contributed by atoms with Crippen molar-refractivity contribution in [1.29, 1.82) is 0 Å². The molecular weight excluding hydrogens is 320 g/mol. The summed E-state index contributed by atoms with van der Waals surface area (Å²) in [5.41, 5.74) is 0. The maximum atomic E-state index is 6.30. The molecule has 0 fully saturated rings. The van der Waals surface area contributed by atoms with E-state index >= 15 is 0 Å². The van der Waals surface area contributed by atoms with Crippen LogP contribution in [0.25, 0.3) is 21.5 Å². The highest BCUT2D eigenvalue weighted by molar-refractivity contribution is 6.11. The molecule has 0 heterocycles. The zero-order valence-corrected chi connectivity index (χ0v) is 16.1. The summed E-state index contributed by atoms with van der Waals surface area (Å²) < 4.78 is 12.0. The topological polar surface area (TPSA) is 18.5 Å². The molecule has 138 valence electrons. The molecule has 3 aromatic rings. The summed E-state index contributed by atoms with van der Waals surface area (Å²) in [5.74, 6) is 1.92. The molecule has 2 nitrogen and oxygen atoms in total. The van der Waals surface area contributed by atoms with Crippen LogP contribution in [0.3, 0.4) is 0 Å². The van der Waals surface area contributed by atoms with E-state index < -0.39 is 0 Å². The van der Waals surface area contributed by atoms with Crippen LogP contribution in [0, 0.1) is 0 Å². The van der Waals surface area contributed by atoms with Gasteiger partial charge in [0.15, 0.2) is 0 Å². The highest BCUT2D eigenvalue weighted by Gasteiger charge is 2.14. The average molecular weight is 351 g/mol. The lowest BCUT2D eigenvalue weighted by Gasteiger charge is -2.16. The molecule has 0 bridgehead atoms. The number of hydrogen-bond donors (Lipinski definition) is 0. The molecule has 0 N–H and O–H groups in total. The predicted octanol–water partition coefficient (Wildman–Crippen LogP) is 7.13. The Hall–Kier alpha value is -2.22. The molecule has 0 amide bonds. The fourth-order valence-electron chi connectivity index (χ4n) is 3.66. The number of fused-ring (bicyclic) bond motifs is 2. The number of unbranched alkanes of at least 4 members (excludes halogenated alkanes) is 6. The molecular formula is C24H30O2. The minimum absolute atomic E-state index is 0.772. The molecule has 0 atom stereocenters. The van der Waals surface area contributed by atoms with Crippen molar-refractivity contribution in [3.05, 3.63) is 48.5 Å². The first-order valence-electron chi connectivity index (χ1n) is 9.97. The number of benzene rings is 3. The van der Waals surface area contributed by atoms with E-state index in [0.717, 1.165) is 46.1 Å². The number of ether oxygens (including phenoxy) is 2. The van der Waals surface area contributed by atoms with Crippen LogP contribution in [0.15, 0.2) is 48.5 Å². The summed E-state index contributed by atoms with van der Waals surface area (Å²) in [6, 6.07) is 16.7. The quantitative estimate of drug-likeness (QED) is 0.286. The number of hydrogen-bond acceptors (Lipinski definition) is 2. The Balaban J connectivity index is 1.77. The van der Waals surface area contributed by atoms with Gasteiger partial charge in [-0.25, -0.2) is 0 Å².